The van der Waals surface area contributed by atoms with Gasteiger partial charge in [0.05, 0.1) is 19.8 Å². The third kappa shape index (κ3) is 9.64. The maximum atomic E-state index is 9.90. The molecule has 3 N–H and O–H groups in total. The molecule has 14 heavy (non-hydrogen) atoms. The van der Waals surface area contributed by atoms with E-state index in [4.69, 9.17) is 15.3 Å². The molecule has 0 spiro atoms. The zero-order valence-electron chi connectivity index (χ0n) is 9.45. The van der Waals surface area contributed by atoms with Gasteiger partial charge in [-0.2, -0.15) is 0 Å². The van der Waals surface area contributed by atoms with Crippen LogP contribution in [0.3, 0.4) is 0 Å². The Morgan fingerprint density at radius 1 is 0.929 bits per heavy atom. The Morgan fingerprint density at radius 2 is 1.29 bits per heavy atom. The Kier molecular flexibility index (Phi) is 7.91. The number of aliphatic hydroxyl groups excluding tert-OH is 3. The standard InChI is InChI=1S/C5H12O2.C5H10O2/c2*1-5(2,3-6)4-7/h6-7H,3-4H2,1-2H3;3,7H,4H2,1-2H3. The molecule has 0 aliphatic carbocycles. The highest BCUT2D eigenvalue weighted by Crippen LogP contribution is 2.10. The fourth-order valence-corrected chi connectivity index (χ4v) is 0.0873. The molecule has 0 bridgehead atoms. The molecule has 0 atom stereocenters. The van der Waals surface area contributed by atoms with Crippen LogP contribution >= 0.6 is 0 Å². The highest BCUT2D eigenvalue weighted by molar-refractivity contribution is 5.57. The predicted molar refractivity (Wildman–Crippen MR) is 54.9 cm³/mol. The second-order valence-corrected chi connectivity index (χ2v) is 4.74. The number of hydrogen-bond donors (Lipinski definition) is 3. The zero-order chi connectivity index (χ0) is 11.8. The summed E-state index contributed by atoms with van der Waals surface area (Å²) in [7, 11) is 0. The maximum Gasteiger partial charge on any atom is 0.127 e. The van der Waals surface area contributed by atoms with Gasteiger partial charge in [-0.05, 0) is 0 Å². The zero-order valence-corrected chi connectivity index (χ0v) is 9.45. The van der Waals surface area contributed by atoms with Crippen molar-refractivity contribution in [2.24, 2.45) is 10.8 Å². The molecular formula is C10H22O4. The summed E-state index contributed by atoms with van der Waals surface area (Å²) in [6, 6.07) is 0. The van der Waals surface area contributed by atoms with Crippen LogP contribution in [0.5, 0.6) is 0 Å². The van der Waals surface area contributed by atoms with Crippen LogP contribution in [-0.2, 0) is 4.79 Å². The molecule has 0 aliphatic rings. The van der Waals surface area contributed by atoms with Gasteiger partial charge in [-0.15, -0.1) is 0 Å². The molecule has 0 radical (unpaired) electrons. The first-order chi connectivity index (χ1) is 6.24. The first-order valence-electron chi connectivity index (χ1n) is 4.53. The van der Waals surface area contributed by atoms with Gasteiger partial charge in [0.1, 0.15) is 6.29 Å². The topological polar surface area (TPSA) is 77.8 Å². The van der Waals surface area contributed by atoms with Crippen LogP contribution in [0.1, 0.15) is 27.7 Å². The smallest absolute Gasteiger partial charge is 0.127 e. The van der Waals surface area contributed by atoms with Crippen LogP contribution < -0.4 is 0 Å². The Labute approximate surface area is 85.6 Å². The minimum atomic E-state index is -0.542. The van der Waals surface area contributed by atoms with Gasteiger partial charge in [-0.1, -0.05) is 27.7 Å². The van der Waals surface area contributed by atoms with Crippen molar-refractivity contribution in [3.8, 4) is 0 Å². The Morgan fingerprint density at radius 3 is 1.29 bits per heavy atom. The van der Waals surface area contributed by atoms with Crippen LogP contribution in [0.15, 0.2) is 0 Å². The van der Waals surface area contributed by atoms with Crippen LogP contribution in [-0.4, -0.2) is 41.4 Å². The summed E-state index contributed by atoms with van der Waals surface area (Å²) < 4.78 is 0. The van der Waals surface area contributed by atoms with E-state index in [2.05, 4.69) is 0 Å². The molecule has 0 aromatic rings. The van der Waals surface area contributed by atoms with Crippen molar-refractivity contribution in [1.82, 2.24) is 0 Å². The summed E-state index contributed by atoms with van der Waals surface area (Å²) in [6.07, 6.45) is 0.743. The van der Waals surface area contributed by atoms with Gasteiger partial charge in [-0.3, -0.25) is 0 Å². The van der Waals surface area contributed by atoms with Crippen molar-refractivity contribution in [2.75, 3.05) is 19.8 Å². The molecule has 0 saturated carbocycles. The van der Waals surface area contributed by atoms with Crippen LogP contribution in [0.2, 0.25) is 0 Å². The molecule has 4 nitrogen and oxygen atoms in total. The SMILES string of the molecule is CC(C)(C=O)CO.CC(C)(CO)CO. The lowest BCUT2D eigenvalue weighted by Crippen LogP contribution is -2.20. The molecule has 0 unspecified atom stereocenters. The molecule has 0 saturated heterocycles. The minimum absolute atomic E-state index is 0.0451. The van der Waals surface area contributed by atoms with E-state index < -0.39 is 5.41 Å². The van der Waals surface area contributed by atoms with Gasteiger partial charge in [-0.25, -0.2) is 0 Å². The van der Waals surface area contributed by atoms with E-state index in [1.807, 2.05) is 0 Å². The lowest BCUT2D eigenvalue weighted by atomic mass is 9.97. The largest absolute Gasteiger partial charge is 0.396 e. The second kappa shape index (κ2) is 6.92. The molecule has 0 aromatic heterocycles. The molecule has 0 aliphatic heterocycles. The fraction of sp³-hybridized carbons (Fsp3) is 0.900. The average Bonchev–Trinajstić information content (AvgIpc) is 2.19. The van der Waals surface area contributed by atoms with Gasteiger partial charge < -0.3 is 20.1 Å². The maximum absolute atomic E-state index is 9.90. The number of hydrogen-bond acceptors (Lipinski definition) is 4. The van der Waals surface area contributed by atoms with E-state index in [1.54, 1.807) is 27.7 Å². The number of aldehydes is 1. The number of aliphatic hydroxyl groups is 3. The minimum Gasteiger partial charge on any atom is -0.396 e. The third-order valence-electron chi connectivity index (χ3n) is 1.58. The van der Waals surface area contributed by atoms with E-state index >= 15 is 0 Å². The Hall–Kier alpha value is -0.450. The van der Waals surface area contributed by atoms with Gasteiger partial charge in [0.2, 0.25) is 0 Å². The van der Waals surface area contributed by atoms with Gasteiger partial charge in [0.25, 0.3) is 0 Å². The molecule has 0 rings (SSSR count). The highest BCUT2D eigenvalue weighted by atomic mass is 16.3. The first kappa shape index (κ1) is 16.0. The lowest BCUT2D eigenvalue weighted by Gasteiger charge is -2.16. The number of carbonyl (C=O) groups excluding carboxylic acids is 1. The monoisotopic (exact) mass is 206 g/mol. The molecule has 4 heteroatoms. The van der Waals surface area contributed by atoms with Gasteiger partial charge in [0.15, 0.2) is 0 Å². The van der Waals surface area contributed by atoms with E-state index in [9.17, 15) is 4.79 Å². The summed E-state index contributed by atoms with van der Waals surface area (Å²) in [5.41, 5.74) is -0.847. The van der Waals surface area contributed by atoms with Crippen molar-refractivity contribution in [1.29, 1.82) is 0 Å². The molecule has 0 heterocycles. The van der Waals surface area contributed by atoms with Crippen molar-refractivity contribution < 1.29 is 20.1 Å². The predicted octanol–water partition coefficient (Wildman–Crippen LogP) is 0.201. The average molecular weight is 206 g/mol. The summed E-state index contributed by atoms with van der Waals surface area (Å²) in [4.78, 5) is 9.90. The normalized spacial score (nSPS) is 11.6. The van der Waals surface area contributed by atoms with Crippen LogP contribution in [0.4, 0.5) is 0 Å². The molecule has 86 valence electrons. The Balaban J connectivity index is 0. The van der Waals surface area contributed by atoms with Crippen molar-refractivity contribution in [3.63, 3.8) is 0 Å². The van der Waals surface area contributed by atoms with Crippen LogP contribution in [0, 0.1) is 10.8 Å². The van der Waals surface area contributed by atoms with Gasteiger partial charge in [0, 0.05) is 10.8 Å². The lowest BCUT2D eigenvalue weighted by molar-refractivity contribution is -0.116. The van der Waals surface area contributed by atoms with E-state index in [-0.39, 0.29) is 25.2 Å². The van der Waals surface area contributed by atoms with Crippen molar-refractivity contribution in [3.05, 3.63) is 0 Å². The van der Waals surface area contributed by atoms with E-state index in [1.165, 1.54) is 0 Å². The van der Waals surface area contributed by atoms with Crippen molar-refractivity contribution >= 4 is 6.29 Å². The van der Waals surface area contributed by atoms with Gasteiger partial charge >= 0.3 is 0 Å². The quantitative estimate of drug-likeness (QED) is 0.574. The summed E-state index contributed by atoms with van der Waals surface area (Å²) in [6.45, 7) is 6.98. The first-order valence-corrected chi connectivity index (χ1v) is 4.53. The molecule has 0 fully saturated rings. The molecule has 0 amide bonds. The molecular weight excluding hydrogens is 184 g/mol. The second-order valence-electron chi connectivity index (χ2n) is 4.74. The van der Waals surface area contributed by atoms with Crippen LogP contribution in [0.25, 0.3) is 0 Å². The summed E-state index contributed by atoms with van der Waals surface area (Å²) >= 11 is 0. The fourth-order valence-electron chi connectivity index (χ4n) is 0.0873. The highest BCUT2D eigenvalue weighted by Gasteiger charge is 2.13. The number of rotatable bonds is 4. The Bertz CT molecular complexity index is 146. The molecule has 0 aromatic carbocycles. The third-order valence-corrected chi connectivity index (χ3v) is 1.58. The summed E-state index contributed by atoms with van der Waals surface area (Å²) in [5, 5.41) is 25.2. The van der Waals surface area contributed by atoms with Crippen molar-refractivity contribution in [2.45, 2.75) is 27.7 Å². The number of carbonyl (C=O) groups is 1. The summed E-state index contributed by atoms with van der Waals surface area (Å²) in [5.74, 6) is 0. The van der Waals surface area contributed by atoms with E-state index in [0.29, 0.717) is 0 Å². The van der Waals surface area contributed by atoms with E-state index in [0.717, 1.165) is 6.29 Å².